The molecule has 0 bridgehead atoms. The van der Waals surface area contributed by atoms with Gasteiger partial charge >= 0.3 is 0 Å². The molecule has 0 saturated heterocycles. The van der Waals surface area contributed by atoms with Crippen LogP contribution in [-0.4, -0.2) is 44.8 Å². The van der Waals surface area contributed by atoms with Crippen LogP contribution in [0.25, 0.3) is 0 Å². The highest BCUT2D eigenvalue weighted by atomic mass is 19.1. The van der Waals surface area contributed by atoms with Gasteiger partial charge in [-0.2, -0.15) is 0 Å². The van der Waals surface area contributed by atoms with Gasteiger partial charge in [-0.15, -0.1) is 0 Å². The summed E-state index contributed by atoms with van der Waals surface area (Å²) in [6.07, 6.45) is 1.08. The predicted molar refractivity (Wildman–Crippen MR) is 46.6 cm³/mol. The topological polar surface area (TPSA) is 15.3 Å². The lowest BCUT2D eigenvalue weighted by molar-refractivity contribution is 0.357. The van der Waals surface area contributed by atoms with E-state index in [1.807, 2.05) is 14.1 Å². The number of alkyl halides is 1. The molecule has 11 heavy (non-hydrogen) atoms. The summed E-state index contributed by atoms with van der Waals surface area (Å²) < 4.78 is 11.7. The Balaban J connectivity index is 3.15. The molecule has 68 valence electrons. The molecule has 0 saturated carbocycles. The van der Waals surface area contributed by atoms with E-state index >= 15 is 0 Å². The minimum atomic E-state index is -0.272. The zero-order chi connectivity index (χ0) is 8.69. The van der Waals surface area contributed by atoms with Crippen molar-refractivity contribution >= 4 is 0 Å². The Labute approximate surface area is 68.8 Å². The number of nitrogens with zero attached hydrogens (tertiary/aromatic N) is 1. The molecule has 0 aromatic rings. The monoisotopic (exact) mass is 162 g/mol. The number of nitrogens with one attached hydrogen (secondary N) is 1. The van der Waals surface area contributed by atoms with Crippen LogP contribution in [0.2, 0.25) is 0 Å². The first-order chi connectivity index (χ1) is 5.16. The summed E-state index contributed by atoms with van der Waals surface area (Å²) in [6, 6.07) is 0.424. The van der Waals surface area contributed by atoms with Gasteiger partial charge < -0.3 is 10.2 Å². The molecule has 0 radical (unpaired) electrons. The van der Waals surface area contributed by atoms with Crippen LogP contribution in [0.4, 0.5) is 4.39 Å². The van der Waals surface area contributed by atoms with Crippen LogP contribution in [0.15, 0.2) is 0 Å². The van der Waals surface area contributed by atoms with Gasteiger partial charge in [-0.05, 0) is 34.0 Å². The number of hydrogen-bond donors (Lipinski definition) is 1. The molecule has 1 atom stereocenters. The van der Waals surface area contributed by atoms with Gasteiger partial charge in [0.05, 0.1) is 0 Å². The zero-order valence-corrected chi connectivity index (χ0v) is 7.73. The number of rotatable bonds is 6. The number of hydrogen-bond acceptors (Lipinski definition) is 2. The standard InChI is InChI=1S/C8H19FN2/c1-8(10-6-5-9)4-7-11(2)3/h8,10H,4-7H2,1-3H3. The zero-order valence-electron chi connectivity index (χ0n) is 7.73. The highest BCUT2D eigenvalue weighted by molar-refractivity contribution is 4.61. The largest absolute Gasteiger partial charge is 0.312 e. The molecule has 1 N–H and O–H groups in total. The van der Waals surface area contributed by atoms with E-state index in [1.165, 1.54) is 0 Å². The molecule has 0 aliphatic rings. The summed E-state index contributed by atoms with van der Waals surface area (Å²) in [5, 5.41) is 3.09. The average molecular weight is 162 g/mol. The first-order valence-corrected chi connectivity index (χ1v) is 4.11. The molecule has 0 rings (SSSR count). The van der Waals surface area contributed by atoms with Gasteiger partial charge in [0.2, 0.25) is 0 Å². The van der Waals surface area contributed by atoms with E-state index in [2.05, 4.69) is 17.1 Å². The van der Waals surface area contributed by atoms with Crippen molar-refractivity contribution in [1.29, 1.82) is 0 Å². The summed E-state index contributed by atoms with van der Waals surface area (Å²) in [4.78, 5) is 2.13. The summed E-state index contributed by atoms with van der Waals surface area (Å²) in [5.74, 6) is 0. The van der Waals surface area contributed by atoms with Crippen LogP contribution >= 0.6 is 0 Å². The maximum absolute atomic E-state index is 11.7. The molecular weight excluding hydrogens is 143 g/mol. The van der Waals surface area contributed by atoms with Gasteiger partial charge in [-0.25, -0.2) is 4.39 Å². The summed E-state index contributed by atoms with van der Waals surface area (Å²) in [6.45, 7) is 3.35. The molecule has 0 fully saturated rings. The molecule has 0 aromatic carbocycles. The van der Waals surface area contributed by atoms with Crippen molar-refractivity contribution in [1.82, 2.24) is 10.2 Å². The Morgan fingerprint density at radius 2 is 2.09 bits per heavy atom. The maximum Gasteiger partial charge on any atom is 0.102 e. The van der Waals surface area contributed by atoms with E-state index in [0.717, 1.165) is 13.0 Å². The van der Waals surface area contributed by atoms with Crippen molar-refractivity contribution in [2.75, 3.05) is 33.9 Å². The molecule has 0 spiro atoms. The van der Waals surface area contributed by atoms with Gasteiger partial charge in [-0.1, -0.05) is 0 Å². The third-order valence-corrected chi connectivity index (χ3v) is 1.60. The van der Waals surface area contributed by atoms with Crippen LogP contribution < -0.4 is 5.32 Å². The Hall–Kier alpha value is -0.150. The van der Waals surface area contributed by atoms with Crippen molar-refractivity contribution in [3.05, 3.63) is 0 Å². The van der Waals surface area contributed by atoms with Crippen molar-refractivity contribution in [2.45, 2.75) is 19.4 Å². The second-order valence-electron chi connectivity index (χ2n) is 3.14. The Bertz CT molecular complexity index is 86.2. The third-order valence-electron chi connectivity index (χ3n) is 1.60. The molecule has 0 aliphatic carbocycles. The third kappa shape index (κ3) is 7.75. The fourth-order valence-corrected chi connectivity index (χ4v) is 0.855. The van der Waals surface area contributed by atoms with Gasteiger partial charge in [0.25, 0.3) is 0 Å². The van der Waals surface area contributed by atoms with Gasteiger partial charge in [0.1, 0.15) is 6.67 Å². The first kappa shape index (κ1) is 10.8. The minimum absolute atomic E-state index is 0.272. The van der Waals surface area contributed by atoms with Crippen molar-refractivity contribution in [2.24, 2.45) is 0 Å². The van der Waals surface area contributed by atoms with E-state index in [0.29, 0.717) is 12.6 Å². The van der Waals surface area contributed by atoms with Crippen molar-refractivity contribution in [3.8, 4) is 0 Å². The lowest BCUT2D eigenvalue weighted by Crippen LogP contribution is -2.31. The van der Waals surface area contributed by atoms with E-state index in [9.17, 15) is 4.39 Å². The van der Waals surface area contributed by atoms with Gasteiger partial charge in [0.15, 0.2) is 0 Å². The van der Waals surface area contributed by atoms with Crippen molar-refractivity contribution < 1.29 is 4.39 Å². The van der Waals surface area contributed by atoms with E-state index in [1.54, 1.807) is 0 Å². The highest BCUT2D eigenvalue weighted by Gasteiger charge is 2.00. The lowest BCUT2D eigenvalue weighted by Gasteiger charge is -2.15. The van der Waals surface area contributed by atoms with Gasteiger partial charge in [-0.3, -0.25) is 0 Å². The second kappa shape index (κ2) is 6.55. The van der Waals surface area contributed by atoms with Crippen LogP contribution in [-0.2, 0) is 0 Å². The molecule has 1 unspecified atom stereocenters. The SMILES string of the molecule is CC(CCN(C)C)NCCF. The van der Waals surface area contributed by atoms with E-state index < -0.39 is 0 Å². The molecule has 0 heterocycles. The van der Waals surface area contributed by atoms with Crippen LogP contribution in [0.5, 0.6) is 0 Å². The Kier molecular flexibility index (Phi) is 6.46. The summed E-state index contributed by atoms with van der Waals surface area (Å²) >= 11 is 0. The smallest absolute Gasteiger partial charge is 0.102 e. The summed E-state index contributed by atoms with van der Waals surface area (Å²) in [5.41, 5.74) is 0. The van der Waals surface area contributed by atoms with E-state index in [-0.39, 0.29) is 6.67 Å². The van der Waals surface area contributed by atoms with Crippen molar-refractivity contribution in [3.63, 3.8) is 0 Å². The van der Waals surface area contributed by atoms with E-state index in [4.69, 9.17) is 0 Å². The molecule has 0 aliphatic heterocycles. The van der Waals surface area contributed by atoms with Gasteiger partial charge in [0, 0.05) is 12.6 Å². The molecule has 3 heteroatoms. The fourth-order valence-electron chi connectivity index (χ4n) is 0.855. The Morgan fingerprint density at radius 1 is 1.45 bits per heavy atom. The second-order valence-corrected chi connectivity index (χ2v) is 3.14. The summed E-state index contributed by atoms with van der Waals surface area (Å²) in [7, 11) is 4.09. The normalized spacial score (nSPS) is 13.9. The average Bonchev–Trinajstić information content (AvgIpc) is 1.97. The predicted octanol–water partition coefficient (Wildman–Crippen LogP) is 0.886. The quantitative estimate of drug-likeness (QED) is 0.624. The molecule has 0 aromatic heterocycles. The Morgan fingerprint density at radius 3 is 2.55 bits per heavy atom. The molecule has 0 amide bonds. The maximum atomic E-state index is 11.7. The highest BCUT2D eigenvalue weighted by Crippen LogP contribution is 1.90. The molecule has 2 nitrogen and oxygen atoms in total. The van der Waals surface area contributed by atoms with Crippen LogP contribution in [0, 0.1) is 0 Å². The number of halogens is 1. The van der Waals surface area contributed by atoms with Crippen LogP contribution in [0.3, 0.4) is 0 Å². The first-order valence-electron chi connectivity index (χ1n) is 4.11. The molecular formula is C8H19FN2. The lowest BCUT2D eigenvalue weighted by atomic mass is 10.2. The minimum Gasteiger partial charge on any atom is -0.312 e. The van der Waals surface area contributed by atoms with Crippen LogP contribution in [0.1, 0.15) is 13.3 Å². The fraction of sp³-hybridized carbons (Fsp3) is 1.00.